The molecule has 0 spiro atoms. The number of nitrogens with zero attached hydrogens (tertiary/aromatic N) is 2. The van der Waals surface area contributed by atoms with Gasteiger partial charge in [0, 0.05) is 51.5 Å². The Morgan fingerprint density at radius 2 is 2.12 bits per heavy atom. The number of methoxy groups -OCH3 is 1. The monoisotopic (exact) mass is 376 g/mol. The van der Waals surface area contributed by atoms with E-state index >= 15 is 0 Å². The average Bonchev–Trinajstić information content (AvgIpc) is 3.11. The Bertz CT molecular complexity index is 782. The summed E-state index contributed by atoms with van der Waals surface area (Å²) in [5.74, 6) is 0.479. The maximum atomic E-state index is 12.8. The highest BCUT2D eigenvalue weighted by atomic mass is 32.1. The second-order valence-corrected chi connectivity index (χ2v) is 7.62. The lowest BCUT2D eigenvalue weighted by Crippen LogP contribution is -2.43. The Morgan fingerprint density at radius 3 is 2.85 bits per heavy atom. The molecule has 1 amide bonds. The van der Waals surface area contributed by atoms with Crippen molar-refractivity contribution in [3.05, 3.63) is 17.7 Å². The third kappa shape index (κ3) is 3.62. The van der Waals surface area contributed by atoms with Crippen LogP contribution < -0.4 is 20.3 Å². The number of thiazole rings is 1. The number of piperazine rings is 1. The molecule has 2 saturated heterocycles. The summed E-state index contributed by atoms with van der Waals surface area (Å²) in [7, 11) is 1.59. The normalized spacial score (nSPS) is 18.9. The average molecular weight is 376 g/mol. The van der Waals surface area contributed by atoms with Gasteiger partial charge in [-0.15, -0.1) is 0 Å². The Hall–Kier alpha value is -1.90. The van der Waals surface area contributed by atoms with Crippen LogP contribution in [0.1, 0.15) is 23.2 Å². The van der Waals surface area contributed by atoms with Gasteiger partial charge in [0.15, 0.2) is 5.13 Å². The number of ether oxygens (including phenoxy) is 2. The summed E-state index contributed by atoms with van der Waals surface area (Å²) in [6.45, 7) is 5.24. The summed E-state index contributed by atoms with van der Waals surface area (Å²) in [5.41, 5.74) is 1.45. The van der Waals surface area contributed by atoms with E-state index < -0.39 is 0 Å². The van der Waals surface area contributed by atoms with Gasteiger partial charge in [0.25, 0.3) is 5.91 Å². The predicted octanol–water partition coefficient (Wildman–Crippen LogP) is 1.62. The first-order chi connectivity index (χ1) is 12.7. The van der Waals surface area contributed by atoms with Crippen LogP contribution in [-0.4, -0.2) is 63.4 Å². The standard InChI is InChI=1S/C18H24N4O3S/c1-24-15-11-14-16(26-18(21-14)22-6-4-19-5-7-22)10-13(15)17(23)20-12-2-8-25-9-3-12/h10-12,19H,2-9H2,1H3,(H,20,23). The van der Waals surface area contributed by atoms with Crippen molar-refractivity contribution in [2.75, 3.05) is 51.4 Å². The topological polar surface area (TPSA) is 75.7 Å². The van der Waals surface area contributed by atoms with Crippen LogP contribution in [0, 0.1) is 0 Å². The first kappa shape index (κ1) is 17.5. The van der Waals surface area contributed by atoms with Crippen LogP contribution in [0.4, 0.5) is 5.13 Å². The first-order valence-corrected chi connectivity index (χ1v) is 9.89. The van der Waals surface area contributed by atoms with Crippen LogP contribution in [-0.2, 0) is 4.74 Å². The molecule has 2 aromatic rings. The lowest BCUT2D eigenvalue weighted by Gasteiger charge is -2.26. The van der Waals surface area contributed by atoms with Crippen molar-refractivity contribution >= 4 is 32.6 Å². The van der Waals surface area contributed by atoms with E-state index in [0.29, 0.717) is 24.5 Å². The number of amides is 1. The minimum absolute atomic E-state index is 0.0900. The molecule has 8 heteroatoms. The highest BCUT2D eigenvalue weighted by Crippen LogP contribution is 2.33. The number of hydrogen-bond acceptors (Lipinski definition) is 7. The molecule has 0 atom stereocenters. The smallest absolute Gasteiger partial charge is 0.255 e. The molecule has 0 unspecified atom stereocenters. The van der Waals surface area contributed by atoms with Crippen LogP contribution in [0.2, 0.25) is 0 Å². The molecule has 2 aliphatic rings. The molecular weight excluding hydrogens is 352 g/mol. The third-order valence-corrected chi connectivity index (χ3v) is 5.97. The molecule has 2 aliphatic heterocycles. The largest absolute Gasteiger partial charge is 0.496 e. The van der Waals surface area contributed by atoms with E-state index in [-0.39, 0.29) is 11.9 Å². The lowest BCUT2D eigenvalue weighted by atomic mass is 10.1. The Kier molecular flexibility index (Phi) is 5.23. The zero-order valence-corrected chi connectivity index (χ0v) is 15.7. The zero-order valence-electron chi connectivity index (χ0n) is 14.9. The number of carbonyl (C=O) groups excluding carboxylic acids is 1. The molecule has 0 saturated carbocycles. The molecule has 0 bridgehead atoms. The minimum atomic E-state index is -0.0900. The molecule has 1 aromatic heterocycles. The number of rotatable bonds is 4. The second-order valence-electron chi connectivity index (χ2n) is 6.61. The molecule has 2 N–H and O–H groups in total. The van der Waals surface area contributed by atoms with Gasteiger partial charge in [0.2, 0.25) is 0 Å². The van der Waals surface area contributed by atoms with Gasteiger partial charge < -0.3 is 25.0 Å². The summed E-state index contributed by atoms with van der Waals surface area (Å²) in [6.07, 6.45) is 1.70. The van der Waals surface area contributed by atoms with Crippen LogP contribution in [0.5, 0.6) is 5.75 Å². The molecule has 4 rings (SSSR count). The maximum Gasteiger partial charge on any atom is 0.255 e. The van der Waals surface area contributed by atoms with Gasteiger partial charge in [-0.3, -0.25) is 4.79 Å². The zero-order chi connectivity index (χ0) is 17.9. The SMILES string of the molecule is COc1cc2nc(N3CCNCC3)sc2cc1C(=O)NC1CCOCC1. The van der Waals surface area contributed by atoms with E-state index in [4.69, 9.17) is 14.5 Å². The fraction of sp³-hybridized carbons (Fsp3) is 0.556. The Morgan fingerprint density at radius 1 is 1.35 bits per heavy atom. The van der Waals surface area contributed by atoms with E-state index in [1.807, 2.05) is 12.1 Å². The van der Waals surface area contributed by atoms with Gasteiger partial charge in [-0.25, -0.2) is 4.98 Å². The molecule has 140 valence electrons. The van der Waals surface area contributed by atoms with Crippen LogP contribution >= 0.6 is 11.3 Å². The molecular formula is C18H24N4O3S. The summed E-state index contributed by atoms with van der Waals surface area (Å²) < 4.78 is 11.8. The van der Waals surface area contributed by atoms with Crippen molar-refractivity contribution in [1.29, 1.82) is 0 Å². The van der Waals surface area contributed by atoms with E-state index in [1.165, 1.54) is 0 Å². The van der Waals surface area contributed by atoms with Crippen LogP contribution in [0.3, 0.4) is 0 Å². The number of hydrogen-bond donors (Lipinski definition) is 2. The number of nitrogens with one attached hydrogen (secondary N) is 2. The van der Waals surface area contributed by atoms with Crippen LogP contribution in [0.15, 0.2) is 12.1 Å². The van der Waals surface area contributed by atoms with Crippen LogP contribution in [0.25, 0.3) is 10.2 Å². The summed E-state index contributed by atoms with van der Waals surface area (Å²) in [5, 5.41) is 7.47. The molecule has 0 aliphatic carbocycles. The molecule has 26 heavy (non-hydrogen) atoms. The van der Waals surface area contributed by atoms with Gasteiger partial charge in [-0.05, 0) is 18.9 Å². The minimum Gasteiger partial charge on any atom is -0.496 e. The quantitative estimate of drug-likeness (QED) is 0.845. The second kappa shape index (κ2) is 7.77. The van der Waals surface area contributed by atoms with Gasteiger partial charge in [-0.2, -0.15) is 0 Å². The first-order valence-electron chi connectivity index (χ1n) is 9.07. The number of anilines is 1. The van der Waals surface area contributed by atoms with Gasteiger partial charge in [0.05, 0.1) is 22.9 Å². The fourth-order valence-electron chi connectivity index (χ4n) is 3.39. The van der Waals surface area contributed by atoms with E-state index in [2.05, 4.69) is 15.5 Å². The maximum absolute atomic E-state index is 12.8. The summed E-state index contributed by atoms with van der Waals surface area (Å²) >= 11 is 1.63. The molecule has 2 fully saturated rings. The number of aromatic nitrogens is 1. The van der Waals surface area contributed by atoms with Gasteiger partial charge in [0.1, 0.15) is 5.75 Å². The van der Waals surface area contributed by atoms with Crippen molar-refractivity contribution in [3.63, 3.8) is 0 Å². The van der Waals surface area contributed by atoms with Crippen molar-refractivity contribution in [3.8, 4) is 5.75 Å². The van der Waals surface area contributed by atoms with Gasteiger partial charge >= 0.3 is 0 Å². The van der Waals surface area contributed by atoms with Crippen molar-refractivity contribution in [2.45, 2.75) is 18.9 Å². The van der Waals surface area contributed by atoms with Crippen molar-refractivity contribution in [1.82, 2.24) is 15.6 Å². The van der Waals surface area contributed by atoms with Crippen molar-refractivity contribution < 1.29 is 14.3 Å². The summed E-state index contributed by atoms with van der Waals surface area (Å²) in [6, 6.07) is 3.94. The van der Waals surface area contributed by atoms with E-state index in [0.717, 1.165) is 54.4 Å². The predicted molar refractivity (Wildman–Crippen MR) is 103 cm³/mol. The molecule has 3 heterocycles. The number of benzene rings is 1. The highest BCUT2D eigenvalue weighted by molar-refractivity contribution is 7.22. The Labute approximate surface area is 156 Å². The molecule has 0 radical (unpaired) electrons. The number of fused-ring (bicyclic) bond motifs is 1. The van der Waals surface area contributed by atoms with Gasteiger partial charge in [-0.1, -0.05) is 11.3 Å². The third-order valence-electron chi connectivity index (χ3n) is 4.89. The van der Waals surface area contributed by atoms with Crippen molar-refractivity contribution in [2.24, 2.45) is 0 Å². The van der Waals surface area contributed by atoms with E-state index in [9.17, 15) is 4.79 Å². The molecule has 1 aromatic carbocycles. The molecule has 7 nitrogen and oxygen atoms in total. The van der Waals surface area contributed by atoms with E-state index in [1.54, 1.807) is 18.4 Å². The highest BCUT2D eigenvalue weighted by Gasteiger charge is 2.22. The lowest BCUT2D eigenvalue weighted by molar-refractivity contribution is 0.0695. The summed E-state index contributed by atoms with van der Waals surface area (Å²) in [4.78, 5) is 19.8. The number of carbonyl (C=O) groups is 1. The fourth-order valence-corrected chi connectivity index (χ4v) is 4.42. The Balaban J connectivity index is 1.59.